The van der Waals surface area contributed by atoms with E-state index in [-0.39, 0.29) is 79.8 Å². The third-order valence-electron chi connectivity index (χ3n) is 19.5. The summed E-state index contributed by atoms with van der Waals surface area (Å²) < 4.78 is 83.7. The lowest BCUT2D eigenvalue weighted by molar-refractivity contribution is -0.138. The number of nitriles is 1. The minimum Gasteiger partial charge on any atom is -0.383 e. The number of carbonyl (C=O) groups is 4. The highest BCUT2D eigenvalue weighted by molar-refractivity contribution is 6.17. The van der Waals surface area contributed by atoms with E-state index in [4.69, 9.17) is 22.9 Å². The van der Waals surface area contributed by atoms with Gasteiger partial charge >= 0.3 is 12.4 Å². The SMILES string of the molecule is CC(C)C[C@H]1CN(c2ccc(C(F)(F)F)c(C(=O)c3cccnc3N)c2)CCN1.CC(C)C[C@H]1CN(c2cncc(C(=O)c3cccnc3N)n2)CCN1.N#Cc1ccc2c(c1)c(C(=O)c1cccnc1N)nn2C1CCNCC1.Nc1ncccc1C(=O)c1cc(N2CCNC(c3ccccc3)C2)ccc1C(F)(F)F.[HH].[HH].[HH].[HH].[HH].[HH].[HH]. The van der Waals surface area contributed by atoms with Crippen LogP contribution in [0.15, 0.2) is 171 Å². The highest BCUT2D eigenvalue weighted by atomic mass is 19.4. The Kier molecular flexibility index (Phi) is 26.1. The van der Waals surface area contributed by atoms with Crippen LogP contribution in [0.25, 0.3) is 10.9 Å². The first-order valence-corrected chi connectivity index (χ1v) is 36.6. The Balaban J connectivity index is 0.000000325. The van der Waals surface area contributed by atoms with Gasteiger partial charge in [-0.15, -0.1) is 0 Å². The molecule has 3 atom stereocenters. The molecular formula is C81H102F6N20O4. The number of rotatable bonds is 17. The summed E-state index contributed by atoms with van der Waals surface area (Å²) in [5, 5.41) is 28.3. The van der Waals surface area contributed by atoms with Crippen molar-refractivity contribution in [2.75, 3.05) is 110 Å². The van der Waals surface area contributed by atoms with Crippen LogP contribution >= 0.6 is 0 Å². The second kappa shape index (κ2) is 36.2. The molecule has 0 aliphatic carbocycles. The van der Waals surface area contributed by atoms with Crippen LogP contribution < -0.4 is 58.9 Å². The van der Waals surface area contributed by atoms with Gasteiger partial charge in [0.1, 0.15) is 40.5 Å². The molecule has 0 spiro atoms. The molecule has 0 bridgehead atoms. The number of nitrogens with zero attached hydrogens (tertiary/aromatic N) is 12. The predicted octanol–water partition coefficient (Wildman–Crippen LogP) is 13.1. The monoisotopic (exact) mass is 1530 g/mol. The average Bonchev–Trinajstić information content (AvgIpc) is 1.52. The van der Waals surface area contributed by atoms with Crippen LogP contribution in [0, 0.1) is 23.2 Å². The van der Waals surface area contributed by atoms with Crippen LogP contribution in [-0.2, 0) is 12.4 Å². The summed E-state index contributed by atoms with van der Waals surface area (Å²) in [6.07, 6.45) is 3.71. The number of hydrogen-bond acceptors (Lipinski definition) is 23. The molecule has 10 aromatic rings. The molecule has 1 unspecified atom stereocenters. The van der Waals surface area contributed by atoms with E-state index in [1.54, 1.807) is 55.0 Å². The summed E-state index contributed by atoms with van der Waals surface area (Å²) in [6, 6.07) is 38.1. The van der Waals surface area contributed by atoms with Crippen LogP contribution in [0.5, 0.6) is 0 Å². The first-order valence-electron chi connectivity index (χ1n) is 36.6. The van der Waals surface area contributed by atoms with Crippen LogP contribution in [-0.4, -0.2) is 147 Å². The number of alkyl halides is 6. The fourth-order valence-corrected chi connectivity index (χ4v) is 14.1. The van der Waals surface area contributed by atoms with Gasteiger partial charge in [-0.3, -0.25) is 28.8 Å². The maximum atomic E-state index is 13.7. The molecule has 0 radical (unpaired) electrons. The van der Waals surface area contributed by atoms with Crippen molar-refractivity contribution in [1.82, 2.24) is 61.0 Å². The van der Waals surface area contributed by atoms with Crippen molar-refractivity contribution in [1.29, 1.82) is 5.26 Å². The molecule has 4 aliphatic rings. The molecule has 30 heteroatoms. The maximum absolute atomic E-state index is 13.7. The number of aromatic nitrogens is 8. The van der Waals surface area contributed by atoms with Crippen molar-refractivity contribution in [3.8, 4) is 6.07 Å². The summed E-state index contributed by atoms with van der Waals surface area (Å²) in [5.41, 5.74) is 25.2. The number of nitrogens with two attached hydrogens (primary N) is 4. The number of benzene rings is 4. The highest BCUT2D eigenvalue weighted by Crippen LogP contribution is 2.39. The Hall–Kier alpha value is -11.8. The molecule has 4 aliphatic heterocycles. The standard InChI is InChI=1S/C23H21F3N4O.C21H25F3N4O.C19H18N6O.C18H24N6O.7H2/c24-23(25,26)19-9-8-16(13-18(19)21(31)17-7-4-10-29-22(17)27)30-12-11-28-20(14-30)15-5-2-1-3-6-15;1-13(2)10-14-12-28(9-8-26-14)15-5-6-18(21(22,23)24)17(11-15)19(29)16-4-3-7-27-20(16)25;20-11-12-3-4-16-15(10-12)17(18(26)14-2-1-7-23-19(14)21)24-25(16)13-5-8-22-9-6-13;1-12(2)8-13-11-24(7-6-21-13)16-10-20-9-15(23-16)17(25)14-4-3-5-22-18(14)19;;;;;;;/h1-10,13,20,28H,11-12,14H2,(H2,27,29);3-7,11,13-14,26H,8-10,12H2,1-2H3,(H2,25,27);1-4,7,10,13,22H,5-6,8-9H2,(H2,21,23);3-5,9-10,12-13,21H,6-8,11H2,1-2H3,(H2,19,22);7*1H/t;14-;;13-;;;;;;;/m.0.0......./s1. The van der Waals surface area contributed by atoms with Crippen LogP contribution in [0.1, 0.15) is 162 Å². The number of anilines is 7. The van der Waals surface area contributed by atoms with Gasteiger partial charge < -0.3 is 58.9 Å². The van der Waals surface area contributed by atoms with Crippen molar-refractivity contribution in [3.63, 3.8) is 0 Å². The summed E-state index contributed by atoms with van der Waals surface area (Å²) in [5.74, 6) is -0.0467. The Labute approximate surface area is 648 Å². The van der Waals surface area contributed by atoms with E-state index in [1.165, 1.54) is 67.1 Å². The van der Waals surface area contributed by atoms with Crippen LogP contribution in [0.2, 0.25) is 0 Å². The Morgan fingerprint density at radius 3 is 1.49 bits per heavy atom. The highest BCUT2D eigenvalue weighted by Gasteiger charge is 2.39. The molecule has 12 N–H and O–H groups in total. The zero-order valence-corrected chi connectivity index (χ0v) is 61.8. The Morgan fingerprint density at radius 2 is 1.00 bits per heavy atom. The van der Waals surface area contributed by atoms with Gasteiger partial charge in [0.05, 0.1) is 69.0 Å². The summed E-state index contributed by atoms with van der Waals surface area (Å²) in [7, 11) is 0. The van der Waals surface area contributed by atoms with E-state index < -0.39 is 46.2 Å². The lowest BCUT2D eigenvalue weighted by Crippen LogP contribution is -2.51. The van der Waals surface area contributed by atoms with Gasteiger partial charge in [-0.1, -0.05) is 58.0 Å². The third-order valence-corrected chi connectivity index (χ3v) is 19.5. The van der Waals surface area contributed by atoms with Crippen LogP contribution in [0.4, 0.5) is 66.8 Å². The summed E-state index contributed by atoms with van der Waals surface area (Å²) in [4.78, 5) is 82.2. The van der Waals surface area contributed by atoms with Crippen molar-refractivity contribution >= 4 is 74.5 Å². The van der Waals surface area contributed by atoms with E-state index in [1.807, 2.05) is 50.9 Å². The van der Waals surface area contributed by atoms with Crippen LogP contribution in [0.3, 0.4) is 0 Å². The lowest BCUT2D eigenvalue weighted by Gasteiger charge is -2.36. The molecule has 4 saturated heterocycles. The first kappa shape index (κ1) is 80.2. The van der Waals surface area contributed by atoms with E-state index in [9.17, 15) is 50.8 Å². The minimum absolute atomic E-state index is 0. The van der Waals surface area contributed by atoms with Gasteiger partial charge in [0.2, 0.25) is 11.6 Å². The number of hydrogen-bond donors (Lipinski definition) is 8. The maximum Gasteiger partial charge on any atom is 0.417 e. The number of halogens is 6. The first-order chi connectivity index (χ1) is 53.2. The normalized spacial score (nSPS) is 16.8. The summed E-state index contributed by atoms with van der Waals surface area (Å²) >= 11 is 0. The number of fused-ring (bicyclic) bond motifs is 1. The number of carbonyl (C=O) groups excluding carboxylic acids is 4. The number of piperazine rings is 3. The molecule has 4 fully saturated rings. The fourth-order valence-electron chi connectivity index (χ4n) is 14.1. The smallest absolute Gasteiger partial charge is 0.383 e. The molecule has 10 heterocycles. The predicted molar refractivity (Wildman–Crippen MR) is 430 cm³/mol. The average molecular weight is 1530 g/mol. The molecule has 6 aromatic heterocycles. The molecule has 14 rings (SSSR count). The van der Waals surface area contributed by atoms with Gasteiger partial charge in [-0.2, -0.15) is 36.7 Å². The van der Waals surface area contributed by atoms with Crippen molar-refractivity contribution in [3.05, 3.63) is 238 Å². The topological polar surface area (TPSA) is 349 Å². The van der Waals surface area contributed by atoms with Crippen molar-refractivity contribution in [2.24, 2.45) is 11.8 Å². The fraction of sp³-hybridized carbons (Fsp3) is 0.333. The number of ketones is 4. The lowest BCUT2D eigenvalue weighted by atomic mass is 9.96. The third kappa shape index (κ3) is 20.0. The Bertz CT molecular complexity index is 5010. The van der Waals surface area contributed by atoms with E-state index in [0.717, 1.165) is 94.0 Å². The Morgan fingerprint density at radius 1 is 0.532 bits per heavy atom. The van der Waals surface area contributed by atoms with Gasteiger partial charge in [0.25, 0.3) is 0 Å². The number of nitrogens with one attached hydrogen (secondary N) is 4. The van der Waals surface area contributed by atoms with Gasteiger partial charge in [0, 0.05) is 140 Å². The van der Waals surface area contributed by atoms with Crippen molar-refractivity contribution in [2.45, 2.75) is 89.9 Å². The molecule has 4 aromatic carbocycles. The zero-order valence-electron chi connectivity index (χ0n) is 61.8. The van der Waals surface area contributed by atoms with E-state index in [0.29, 0.717) is 89.7 Å². The van der Waals surface area contributed by atoms with Crippen molar-refractivity contribution < 1.29 is 55.5 Å². The molecule has 111 heavy (non-hydrogen) atoms. The van der Waals surface area contributed by atoms with E-state index in [2.05, 4.69) is 94.9 Å². The summed E-state index contributed by atoms with van der Waals surface area (Å²) in [6.45, 7) is 17.0. The van der Waals surface area contributed by atoms with Gasteiger partial charge in [0.15, 0.2) is 11.6 Å². The number of nitrogen functional groups attached to an aromatic ring is 4. The molecular weight excluding hydrogens is 1430 g/mol. The number of pyridine rings is 4. The largest absolute Gasteiger partial charge is 0.417 e. The molecule has 0 amide bonds. The zero-order chi connectivity index (χ0) is 79.1. The minimum atomic E-state index is -4.67. The van der Waals surface area contributed by atoms with Gasteiger partial charge in [-0.05, 0) is 159 Å². The van der Waals surface area contributed by atoms with E-state index >= 15 is 0 Å². The quantitative estimate of drug-likeness (QED) is 0.0310. The second-order valence-electron chi connectivity index (χ2n) is 28.2. The molecule has 592 valence electrons. The molecule has 24 nitrogen and oxygen atoms in total. The number of piperidine rings is 1. The molecule has 0 saturated carbocycles. The van der Waals surface area contributed by atoms with Gasteiger partial charge in [-0.25, -0.2) is 24.9 Å². The second-order valence-corrected chi connectivity index (χ2v) is 28.2.